The van der Waals surface area contributed by atoms with Crippen molar-refractivity contribution in [1.29, 1.82) is 0 Å². The quantitative estimate of drug-likeness (QED) is 0.530. The molecule has 3 nitrogen and oxygen atoms in total. The molecule has 2 radical (unpaired) electrons. The number of fused-ring (bicyclic) bond motifs is 1. The van der Waals surface area contributed by atoms with E-state index in [2.05, 4.69) is 21.8 Å². The summed E-state index contributed by atoms with van der Waals surface area (Å²) in [4.78, 5) is 10.7. The smallest absolute Gasteiger partial charge is 0.161 e. The summed E-state index contributed by atoms with van der Waals surface area (Å²) in [5, 5.41) is 0.921. The number of nitrogens with zero attached hydrogens (tertiary/aromatic N) is 3. The first kappa shape index (κ1) is 8.87. The molecule has 0 fully saturated rings. The minimum Gasteiger partial charge on any atom is -0.326 e. The van der Waals surface area contributed by atoms with E-state index < -0.39 is 0 Å². The van der Waals surface area contributed by atoms with Gasteiger partial charge in [0.1, 0.15) is 12.9 Å². The van der Waals surface area contributed by atoms with E-state index >= 15 is 0 Å². The van der Waals surface area contributed by atoms with Gasteiger partial charge in [0.05, 0.1) is 12.6 Å². The summed E-state index contributed by atoms with van der Waals surface area (Å²) < 4.78 is 0. The standard InChI is InChI=1S/C8H10BN3S/c1-5-3-10-7-8(13-2)11-6(9)4-12(5)7/h4-5H,3H2,1-2H3. The first-order chi connectivity index (χ1) is 6.22. The highest BCUT2D eigenvalue weighted by molar-refractivity contribution is 8.15. The van der Waals surface area contributed by atoms with Gasteiger partial charge in [0.15, 0.2) is 5.84 Å². The maximum Gasteiger partial charge on any atom is 0.161 e. The molecule has 0 saturated carbocycles. The van der Waals surface area contributed by atoms with Gasteiger partial charge in [-0.2, -0.15) is 0 Å². The lowest BCUT2D eigenvalue weighted by Gasteiger charge is -2.25. The Morgan fingerprint density at radius 1 is 1.69 bits per heavy atom. The Labute approximate surface area is 83.4 Å². The minimum absolute atomic E-state index is 0.409. The fourth-order valence-electron chi connectivity index (χ4n) is 1.44. The Kier molecular flexibility index (Phi) is 2.19. The molecule has 1 unspecified atom stereocenters. The van der Waals surface area contributed by atoms with Crippen molar-refractivity contribution in [2.24, 2.45) is 9.98 Å². The first-order valence-electron chi connectivity index (χ1n) is 4.15. The van der Waals surface area contributed by atoms with E-state index in [4.69, 9.17) is 7.85 Å². The molecule has 2 heterocycles. The van der Waals surface area contributed by atoms with Crippen LogP contribution in [0.5, 0.6) is 0 Å². The molecule has 0 saturated heterocycles. The van der Waals surface area contributed by atoms with Crippen molar-refractivity contribution < 1.29 is 0 Å². The largest absolute Gasteiger partial charge is 0.326 e. The van der Waals surface area contributed by atoms with Crippen molar-refractivity contribution in [2.45, 2.75) is 13.0 Å². The van der Waals surface area contributed by atoms with Gasteiger partial charge in [-0.15, -0.1) is 11.8 Å². The number of hydrogen-bond acceptors (Lipinski definition) is 4. The molecular weight excluding hydrogens is 181 g/mol. The summed E-state index contributed by atoms with van der Waals surface area (Å²) in [6.07, 6.45) is 3.84. The number of hydrogen-bond donors (Lipinski definition) is 0. The highest BCUT2D eigenvalue weighted by Crippen LogP contribution is 2.21. The van der Waals surface area contributed by atoms with E-state index in [1.807, 2.05) is 12.5 Å². The van der Waals surface area contributed by atoms with Gasteiger partial charge in [-0.1, -0.05) is 0 Å². The van der Waals surface area contributed by atoms with Crippen molar-refractivity contribution in [1.82, 2.24) is 4.90 Å². The zero-order valence-corrected chi connectivity index (χ0v) is 8.51. The van der Waals surface area contributed by atoms with Crippen LogP contribution in [0.25, 0.3) is 0 Å². The molecule has 2 rings (SSSR count). The van der Waals surface area contributed by atoms with Gasteiger partial charge in [-0.25, -0.2) is 0 Å². The van der Waals surface area contributed by atoms with Crippen LogP contribution < -0.4 is 0 Å². The molecule has 0 aliphatic carbocycles. The van der Waals surface area contributed by atoms with Gasteiger partial charge in [-0.05, 0) is 13.2 Å². The summed E-state index contributed by atoms with van der Waals surface area (Å²) in [5.74, 6) is 0.967. The van der Waals surface area contributed by atoms with Crippen LogP contribution in [-0.2, 0) is 0 Å². The molecule has 0 bridgehead atoms. The fraction of sp³-hybridized carbons (Fsp3) is 0.500. The molecule has 66 valence electrons. The molecular formula is C8H10BN3S. The summed E-state index contributed by atoms with van der Waals surface area (Å²) in [6.45, 7) is 2.96. The fourth-order valence-corrected chi connectivity index (χ4v) is 1.99. The van der Waals surface area contributed by atoms with E-state index in [1.165, 1.54) is 0 Å². The van der Waals surface area contributed by atoms with Crippen molar-refractivity contribution in [2.75, 3.05) is 12.8 Å². The predicted molar refractivity (Wildman–Crippen MR) is 58.4 cm³/mol. The van der Waals surface area contributed by atoms with Crippen molar-refractivity contribution in [3.63, 3.8) is 0 Å². The third-order valence-corrected chi connectivity index (χ3v) is 2.77. The summed E-state index contributed by atoms with van der Waals surface area (Å²) >= 11 is 1.58. The molecule has 2 aliphatic rings. The maximum atomic E-state index is 5.68. The van der Waals surface area contributed by atoms with Crippen LogP contribution in [0.1, 0.15) is 6.92 Å². The van der Waals surface area contributed by atoms with E-state index in [-0.39, 0.29) is 0 Å². The van der Waals surface area contributed by atoms with Crippen LogP contribution in [0, 0.1) is 0 Å². The van der Waals surface area contributed by atoms with Crippen LogP contribution in [0.2, 0.25) is 0 Å². The number of rotatable bonds is 0. The molecule has 5 heteroatoms. The van der Waals surface area contributed by atoms with Gasteiger partial charge >= 0.3 is 0 Å². The van der Waals surface area contributed by atoms with Crippen LogP contribution in [0.4, 0.5) is 0 Å². The summed E-state index contributed by atoms with van der Waals surface area (Å²) in [6, 6.07) is 0.409. The second-order valence-corrected chi connectivity index (χ2v) is 3.89. The predicted octanol–water partition coefficient (Wildman–Crippen LogP) is 0.831. The van der Waals surface area contributed by atoms with Crippen LogP contribution >= 0.6 is 11.8 Å². The topological polar surface area (TPSA) is 28.0 Å². The number of aliphatic imine (C=N–C) groups is 2. The average molecular weight is 191 g/mol. The Morgan fingerprint density at radius 2 is 2.46 bits per heavy atom. The van der Waals surface area contributed by atoms with Gasteiger partial charge in [-0.3, -0.25) is 9.98 Å². The normalized spacial score (nSPS) is 26.5. The van der Waals surface area contributed by atoms with E-state index in [9.17, 15) is 0 Å². The highest BCUT2D eigenvalue weighted by Gasteiger charge is 2.28. The molecule has 1 atom stereocenters. The molecule has 0 spiro atoms. The van der Waals surface area contributed by atoms with Crippen molar-refractivity contribution in [3.05, 3.63) is 11.8 Å². The third-order valence-electron chi connectivity index (χ3n) is 2.11. The first-order valence-corrected chi connectivity index (χ1v) is 5.38. The Balaban J connectivity index is 2.36. The maximum absolute atomic E-state index is 5.68. The van der Waals surface area contributed by atoms with Gasteiger partial charge in [0, 0.05) is 11.8 Å². The van der Waals surface area contributed by atoms with Crippen molar-refractivity contribution in [3.8, 4) is 0 Å². The lowest BCUT2D eigenvalue weighted by Crippen LogP contribution is -2.35. The molecule has 0 amide bonds. The highest BCUT2D eigenvalue weighted by atomic mass is 32.2. The van der Waals surface area contributed by atoms with Gasteiger partial charge < -0.3 is 4.90 Å². The zero-order chi connectivity index (χ0) is 9.42. The molecule has 0 aromatic rings. The second-order valence-electron chi connectivity index (χ2n) is 3.10. The van der Waals surface area contributed by atoms with E-state index in [1.54, 1.807) is 11.8 Å². The van der Waals surface area contributed by atoms with E-state index in [0.717, 1.165) is 17.4 Å². The van der Waals surface area contributed by atoms with E-state index in [0.29, 0.717) is 11.6 Å². The third kappa shape index (κ3) is 1.41. The molecule has 0 aromatic heterocycles. The monoisotopic (exact) mass is 191 g/mol. The lowest BCUT2D eigenvalue weighted by molar-refractivity contribution is 0.474. The van der Waals surface area contributed by atoms with Crippen LogP contribution in [0.3, 0.4) is 0 Å². The molecule has 0 N–H and O–H groups in total. The second kappa shape index (κ2) is 3.22. The van der Waals surface area contributed by atoms with Crippen LogP contribution in [-0.4, -0.2) is 42.5 Å². The molecule has 2 aliphatic heterocycles. The van der Waals surface area contributed by atoms with Crippen LogP contribution in [0.15, 0.2) is 21.8 Å². The molecule has 0 aromatic carbocycles. The Bertz CT molecular complexity index is 321. The van der Waals surface area contributed by atoms with Gasteiger partial charge in [0.2, 0.25) is 0 Å². The summed E-state index contributed by atoms with van der Waals surface area (Å²) in [5.41, 5.74) is 0.567. The number of amidine groups is 1. The van der Waals surface area contributed by atoms with Gasteiger partial charge in [0.25, 0.3) is 0 Å². The molecule has 13 heavy (non-hydrogen) atoms. The minimum atomic E-state index is 0.409. The number of thioether (sulfide) groups is 1. The summed E-state index contributed by atoms with van der Waals surface area (Å²) in [7, 11) is 5.68. The Morgan fingerprint density at radius 3 is 3.15 bits per heavy atom. The Hall–Kier alpha value is -0.705. The zero-order valence-electron chi connectivity index (χ0n) is 7.69. The lowest BCUT2D eigenvalue weighted by atomic mass is 10.1. The van der Waals surface area contributed by atoms with Crippen molar-refractivity contribution >= 4 is 30.5 Å². The SMILES string of the molecule is [B]C1=CN2C(=NCC2C)C(SC)=N1. The average Bonchev–Trinajstić information content (AvgIpc) is 2.47.